The van der Waals surface area contributed by atoms with Crippen LogP contribution < -0.4 is 0 Å². The van der Waals surface area contributed by atoms with Crippen LogP contribution in [0.25, 0.3) is 0 Å². The molecule has 0 N–H and O–H groups in total. The molecular weight excluding hydrogens is 434 g/mol. The van der Waals surface area contributed by atoms with Gasteiger partial charge in [-0.2, -0.15) is 0 Å². The van der Waals surface area contributed by atoms with E-state index in [0.29, 0.717) is 38.9 Å². The van der Waals surface area contributed by atoms with Gasteiger partial charge in [0.2, 0.25) is 0 Å². The van der Waals surface area contributed by atoms with Gasteiger partial charge in [-0.1, -0.05) is 25.5 Å². The molecule has 0 aromatic carbocycles. The number of esters is 1. The molecule has 4 aliphatic rings. The molecule has 33 heavy (non-hydrogen) atoms. The van der Waals surface area contributed by atoms with Gasteiger partial charge >= 0.3 is 5.97 Å². The van der Waals surface area contributed by atoms with Crippen LogP contribution in [0.1, 0.15) is 77.6 Å². The standard InChI is InChI=1S/C25H38F2O6/c1-2-3-12-25(26,27)21(33-24-9-5-7-14-30-24)11-10-17-18-15-22(28)31-20(18)16-19(17)32-23-8-4-6-13-29-23/h10-11,17-21,23-24H,2-9,12-16H2,1H3/t17-,18+,19+,20-,21-,23?,24?/m1/s1. The minimum Gasteiger partial charge on any atom is -0.462 e. The molecule has 0 bridgehead atoms. The lowest BCUT2D eigenvalue weighted by atomic mass is 9.90. The van der Waals surface area contributed by atoms with Gasteiger partial charge in [-0.05, 0) is 44.9 Å². The highest BCUT2D eigenvalue weighted by Gasteiger charge is 2.51. The number of carbonyl (C=O) groups excluding carboxylic acids is 1. The van der Waals surface area contributed by atoms with E-state index >= 15 is 8.78 Å². The van der Waals surface area contributed by atoms with Crippen molar-refractivity contribution in [2.45, 2.75) is 114 Å². The number of fused-ring (bicyclic) bond motifs is 1. The summed E-state index contributed by atoms with van der Waals surface area (Å²) >= 11 is 0. The molecule has 1 aliphatic carbocycles. The number of hydrogen-bond acceptors (Lipinski definition) is 6. The molecule has 8 heteroatoms. The first-order chi connectivity index (χ1) is 16.0. The summed E-state index contributed by atoms with van der Waals surface area (Å²) in [6.45, 7) is 3.10. The highest BCUT2D eigenvalue weighted by atomic mass is 19.3. The van der Waals surface area contributed by atoms with Crippen molar-refractivity contribution in [3.8, 4) is 0 Å². The second-order valence-electron chi connectivity index (χ2n) is 9.78. The van der Waals surface area contributed by atoms with E-state index in [1.807, 2.05) is 6.92 Å². The predicted octanol–water partition coefficient (Wildman–Crippen LogP) is 5.14. The van der Waals surface area contributed by atoms with Gasteiger partial charge < -0.3 is 23.7 Å². The number of alkyl halides is 2. The smallest absolute Gasteiger partial charge is 0.306 e. The summed E-state index contributed by atoms with van der Waals surface area (Å²) in [6.07, 6.45) is 7.59. The highest BCUT2D eigenvalue weighted by Crippen LogP contribution is 2.44. The summed E-state index contributed by atoms with van der Waals surface area (Å²) in [5, 5.41) is 0. The maximum atomic E-state index is 15.1. The van der Waals surface area contributed by atoms with Crippen LogP contribution in [0.4, 0.5) is 8.78 Å². The van der Waals surface area contributed by atoms with Crippen molar-refractivity contribution in [3.63, 3.8) is 0 Å². The fraction of sp³-hybridized carbons (Fsp3) is 0.880. The zero-order chi connectivity index (χ0) is 23.3. The minimum absolute atomic E-state index is 0.0711. The van der Waals surface area contributed by atoms with E-state index in [0.717, 1.165) is 32.1 Å². The van der Waals surface area contributed by atoms with Crippen LogP contribution in [0, 0.1) is 11.8 Å². The quantitative estimate of drug-likeness (QED) is 0.324. The molecule has 7 atom stereocenters. The summed E-state index contributed by atoms with van der Waals surface area (Å²) < 4.78 is 59.2. The number of unbranched alkanes of at least 4 members (excludes halogenated alkanes) is 1. The van der Waals surface area contributed by atoms with Gasteiger partial charge in [-0.25, -0.2) is 8.78 Å². The van der Waals surface area contributed by atoms with E-state index in [4.69, 9.17) is 23.7 Å². The molecule has 0 aromatic heterocycles. The van der Waals surface area contributed by atoms with Crippen molar-refractivity contribution < 1.29 is 37.3 Å². The first kappa shape index (κ1) is 25.0. The van der Waals surface area contributed by atoms with Crippen LogP contribution in [-0.4, -0.2) is 56.0 Å². The van der Waals surface area contributed by atoms with E-state index < -0.39 is 18.3 Å². The van der Waals surface area contributed by atoms with E-state index in [-0.39, 0.29) is 49.1 Å². The van der Waals surface area contributed by atoms with Crippen LogP contribution in [0.15, 0.2) is 12.2 Å². The second kappa shape index (κ2) is 11.6. The molecule has 3 saturated heterocycles. The number of hydrogen-bond donors (Lipinski definition) is 0. The van der Waals surface area contributed by atoms with Gasteiger partial charge in [0.25, 0.3) is 5.92 Å². The molecule has 0 spiro atoms. The third-order valence-corrected chi connectivity index (χ3v) is 7.24. The van der Waals surface area contributed by atoms with Crippen molar-refractivity contribution in [1.29, 1.82) is 0 Å². The lowest BCUT2D eigenvalue weighted by molar-refractivity contribution is -0.227. The topological polar surface area (TPSA) is 63.2 Å². The Kier molecular flexibility index (Phi) is 8.76. The largest absolute Gasteiger partial charge is 0.462 e. The van der Waals surface area contributed by atoms with Gasteiger partial charge in [0.05, 0.1) is 12.5 Å². The van der Waals surface area contributed by atoms with Crippen molar-refractivity contribution in [1.82, 2.24) is 0 Å². The Morgan fingerprint density at radius 2 is 1.85 bits per heavy atom. The summed E-state index contributed by atoms with van der Waals surface area (Å²) in [6, 6.07) is 0. The molecule has 4 rings (SSSR count). The molecule has 6 nitrogen and oxygen atoms in total. The molecule has 1 saturated carbocycles. The average Bonchev–Trinajstić information content (AvgIpc) is 3.32. The van der Waals surface area contributed by atoms with Crippen molar-refractivity contribution in [3.05, 3.63) is 12.2 Å². The Morgan fingerprint density at radius 3 is 2.52 bits per heavy atom. The molecule has 3 heterocycles. The van der Waals surface area contributed by atoms with Crippen LogP contribution in [0.5, 0.6) is 0 Å². The molecule has 188 valence electrons. The number of halogens is 2. The Bertz CT molecular complexity index is 659. The van der Waals surface area contributed by atoms with E-state index in [1.54, 1.807) is 6.08 Å². The van der Waals surface area contributed by atoms with Crippen LogP contribution in [0.3, 0.4) is 0 Å². The fourth-order valence-corrected chi connectivity index (χ4v) is 5.37. The zero-order valence-corrected chi connectivity index (χ0v) is 19.6. The van der Waals surface area contributed by atoms with Gasteiger partial charge in [-0.15, -0.1) is 0 Å². The van der Waals surface area contributed by atoms with Gasteiger partial charge in [0, 0.05) is 37.9 Å². The van der Waals surface area contributed by atoms with E-state index in [2.05, 4.69) is 0 Å². The Labute approximate surface area is 195 Å². The van der Waals surface area contributed by atoms with Crippen molar-refractivity contribution in [2.75, 3.05) is 13.2 Å². The van der Waals surface area contributed by atoms with Gasteiger partial charge in [0.1, 0.15) is 12.2 Å². The van der Waals surface area contributed by atoms with Crippen molar-refractivity contribution in [2.24, 2.45) is 11.8 Å². The first-order valence-electron chi connectivity index (χ1n) is 12.8. The third-order valence-electron chi connectivity index (χ3n) is 7.24. The minimum atomic E-state index is -3.00. The molecule has 0 amide bonds. The molecule has 0 radical (unpaired) electrons. The second-order valence-corrected chi connectivity index (χ2v) is 9.78. The zero-order valence-electron chi connectivity index (χ0n) is 19.6. The Morgan fingerprint density at radius 1 is 1.12 bits per heavy atom. The molecule has 2 unspecified atom stereocenters. The van der Waals surface area contributed by atoms with Gasteiger partial charge in [0.15, 0.2) is 12.6 Å². The Balaban J connectivity index is 1.49. The molecule has 0 aromatic rings. The predicted molar refractivity (Wildman–Crippen MR) is 117 cm³/mol. The maximum absolute atomic E-state index is 15.1. The SMILES string of the molecule is CCCCC(F)(F)[C@@H](C=C[C@@H]1[C@@H]2CC(=O)O[C@@H]2C[C@@H]1OC1CCCCO1)OC1CCCCO1. The molecular formula is C25H38F2O6. The highest BCUT2D eigenvalue weighted by molar-refractivity contribution is 5.72. The van der Waals surface area contributed by atoms with Gasteiger partial charge in [-0.3, -0.25) is 4.79 Å². The number of ether oxygens (including phenoxy) is 5. The van der Waals surface area contributed by atoms with Crippen LogP contribution >= 0.6 is 0 Å². The normalized spacial score (nSPS) is 36.2. The third kappa shape index (κ3) is 6.53. The van der Waals surface area contributed by atoms with Crippen LogP contribution in [-0.2, 0) is 28.5 Å². The van der Waals surface area contributed by atoms with Crippen molar-refractivity contribution >= 4 is 5.97 Å². The fourth-order valence-electron chi connectivity index (χ4n) is 5.37. The van der Waals surface area contributed by atoms with E-state index in [1.165, 1.54) is 6.08 Å². The Hall–Kier alpha value is -1.09. The lowest BCUT2D eigenvalue weighted by Gasteiger charge is -2.32. The molecule has 3 aliphatic heterocycles. The average molecular weight is 473 g/mol. The number of rotatable bonds is 10. The van der Waals surface area contributed by atoms with Crippen LogP contribution in [0.2, 0.25) is 0 Å². The number of carbonyl (C=O) groups is 1. The summed E-state index contributed by atoms with van der Waals surface area (Å²) in [4.78, 5) is 11.9. The lowest BCUT2D eigenvalue weighted by Crippen LogP contribution is -2.39. The maximum Gasteiger partial charge on any atom is 0.306 e. The van der Waals surface area contributed by atoms with E-state index in [9.17, 15) is 4.79 Å². The summed E-state index contributed by atoms with van der Waals surface area (Å²) in [5.74, 6) is -3.51. The monoisotopic (exact) mass is 472 g/mol. The summed E-state index contributed by atoms with van der Waals surface area (Å²) in [5.41, 5.74) is 0. The summed E-state index contributed by atoms with van der Waals surface area (Å²) in [7, 11) is 0. The first-order valence-corrected chi connectivity index (χ1v) is 12.8. The molecule has 4 fully saturated rings.